The van der Waals surface area contributed by atoms with Gasteiger partial charge in [0.15, 0.2) is 0 Å². The average molecular weight is 206 g/mol. The molecule has 1 atom stereocenters. The molecule has 1 unspecified atom stereocenters. The molecule has 1 saturated heterocycles. The fourth-order valence-electron chi connectivity index (χ4n) is 2.55. The van der Waals surface area contributed by atoms with Crippen LogP contribution < -0.4 is 5.32 Å². The lowest BCUT2D eigenvalue weighted by molar-refractivity contribution is 0.260. The molecule has 0 radical (unpaired) electrons. The molecule has 1 aliphatic carbocycles. The molecule has 0 bridgehead atoms. The first kappa shape index (κ1) is 9.33. The van der Waals surface area contributed by atoms with Gasteiger partial charge in [-0.2, -0.15) is 0 Å². The van der Waals surface area contributed by atoms with Gasteiger partial charge in [0.25, 0.3) is 0 Å². The highest BCUT2D eigenvalue weighted by molar-refractivity contribution is 5.06. The van der Waals surface area contributed by atoms with E-state index >= 15 is 0 Å². The molecule has 4 nitrogen and oxygen atoms in total. The molecule has 0 spiro atoms. The van der Waals surface area contributed by atoms with Gasteiger partial charge in [0.1, 0.15) is 0 Å². The van der Waals surface area contributed by atoms with E-state index in [0.29, 0.717) is 5.92 Å². The predicted molar refractivity (Wildman–Crippen MR) is 57.6 cm³/mol. The summed E-state index contributed by atoms with van der Waals surface area (Å²) in [6.45, 7) is 3.32. The van der Waals surface area contributed by atoms with E-state index in [-0.39, 0.29) is 0 Å². The molecule has 15 heavy (non-hydrogen) atoms. The van der Waals surface area contributed by atoms with Crippen molar-refractivity contribution in [2.45, 2.75) is 38.1 Å². The number of nitrogens with zero attached hydrogens (tertiary/aromatic N) is 3. The van der Waals surface area contributed by atoms with Gasteiger partial charge in [0.2, 0.25) is 0 Å². The third-order valence-corrected chi connectivity index (χ3v) is 3.78. The standard InChI is InChI=1S/C11H18N4/c1-2-9(3-1)8-15-11(7-13-14-15)10-4-5-12-6-10/h7,9-10,12H,1-6,8H2. The van der Waals surface area contributed by atoms with E-state index in [0.717, 1.165) is 25.6 Å². The topological polar surface area (TPSA) is 42.7 Å². The zero-order valence-corrected chi connectivity index (χ0v) is 9.02. The fourth-order valence-corrected chi connectivity index (χ4v) is 2.55. The number of nitrogens with one attached hydrogen (secondary N) is 1. The largest absolute Gasteiger partial charge is 0.316 e. The van der Waals surface area contributed by atoms with Crippen LogP contribution >= 0.6 is 0 Å². The molecule has 2 fully saturated rings. The lowest BCUT2D eigenvalue weighted by Gasteiger charge is -2.26. The molecule has 3 rings (SSSR count). The summed E-state index contributed by atoms with van der Waals surface area (Å²) in [4.78, 5) is 0. The first-order chi connectivity index (χ1) is 7.43. The van der Waals surface area contributed by atoms with Gasteiger partial charge >= 0.3 is 0 Å². The Bertz CT molecular complexity index is 323. The summed E-state index contributed by atoms with van der Waals surface area (Å²) in [5.74, 6) is 1.50. The summed E-state index contributed by atoms with van der Waals surface area (Å²) in [6, 6.07) is 0. The molecular weight excluding hydrogens is 188 g/mol. The molecule has 82 valence electrons. The maximum Gasteiger partial charge on any atom is 0.0728 e. The highest BCUT2D eigenvalue weighted by Crippen LogP contribution is 2.29. The van der Waals surface area contributed by atoms with Crippen molar-refractivity contribution in [1.82, 2.24) is 20.3 Å². The van der Waals surface area contributed by atoms with Crippen molar-refractivity contribution in [2.75, 3.05) is 13.1 Å². The Balaban J connectivity index is 1.72. The lowest BCUT2D eigenvalue weighted by atomic mass is 9.85. The van der Waals surface area contributed by atoms with Crippen LogP contribution in [0.25, 0.3) is 0 Å². The van der Waals surface area contributed by atoms with Gasteiger partial charge in [0.05, 0.1) is 11.9 Å². The van der Waals surface area contributed by atoms with Crippen LogP contribution in [0.2, 0.25) is 0 Å². The van der Waals surface area contributed by atoms with E-state index in [9.17, 15) is 0 Å². The number of hydrogen-bond acceptors (Lipinski definition) is 3. The minimum atomic E-state index is 0.639. The summed E-state index contributed by atoms with van der Waals surface area (Å²) in [5, 5.41) is 11.7. The first-order valence-electron chi connectivity index (χ1n) is 6.02. The number of hydrogen-bond donors (Lipinski definition) is 1. The second-order valence-corrected chi connectivity index (χ2v) is 4.83. The van der Waals surface area contributed by atoms with Crippen LogP contribution in [0.1, 0.15) is 37.3 Å². The van der Waals surface area contributed by atoms with Gasteiger partial charge in [-0.3, -0.25) is 0 Å². The molecule has 0 amide bonds. The second kappa shape index (κ2) is 3.93. The maximum atomic E-state index is 4.22. The zero-order chi connectivity index (χ0) is 10.1. The van der Waals surface area contributed by atoms with Crippen LogP contribution in [-0.4, -0.2) is 28.1 Å². The van der Waals surface area contributed by atoms with Crippen molar-refractivity contribution >= 4 is 0 Å². The van der Waals surface area contributed by atoms with Crippen LogP contribution in [0.15, 0.2) is 6.20 Å². The molecule has 1 saturated carbocycles. The Morgan fingerprint density at radius 3 is 3.00 bits per heavy atom. The normalized spacial score (nSPS) is 26.8. The Kier molecular flexibility index (Phi) is 2.44. The van der Waals surface area contributed by atoms with Gasteiger partial charge in [0, 0.05) is 19.0 Å². The minimum Gasteiger partial charge on any atom is -0.316 e. The van der Waals surface area contributed by atoms with Gasteiger partial charge in [-0.05, 0) is 31.7 Å². The zero-order valence-electron chi connectivity index (χ0n) is 9.02. The van der Waals surface area contributed by atoms with Gasteiger partial charge in [-0.25, -0.2) is 4.68 Å². The van der Waals surface area contributed by atoms with E-state index in [2.05, 4.69) is 20.3 Å². The van der Waals surface area contributed by atoms with Crippen LogP contribution in [0, 0.1) is 5.92 Å². The molecular formula is C11H18N4. The van der Waals surface area contributed by atoms with Crippen LogP contribution in [0.5, 0.6) is 0 Å². The van der Waals surface area contributed by atoms with Crippen molar-refractivity contribution in [1.29, 1.82) is 0 Å². The van der Waals surface area contributed by atoms with Crippen molar-refractivity contribution in [2.24, 2.45) is 5.92 Å². The Hall–Kier alpha value is -0.900. The Morgan fingerprint density at radius 1 is 1.40 bits per heavy atom. The van der Waals surface area contributed by atoms with Crippen molar-refractivity contribution in [3.05, 3.63) is 11.9 Å². The molecule has 1 aliphatic heterocycles. The quantitative estimate of drug-likeness (QED) is 0.807. The third kappa shape index (κ3) is 1.78. The molecule has 2 heterocycles. The highest BCUT2D eigenvalue weighted by Gasteiger charge is 2.24. The monoisotopic (exact) mass is 206 g/mol. The summed E-state index contributed by atoms with van der Waals surface area (Å²) in [7, 11) is 0. The summed E-state index contributed by atoms with van der Waals surface area (Å²) < 4.78 is 2.14. The van der Waals surface area contributed by atoms with E-state index in [1.54, 1.807) is 0 Å². The molecule has 2 aliphatic rings. The lowest BCUT2D eigenvalue weighted by Crippen LogP contribution is -2.21. The number of aromatic nitrogens is 3. The Labute approximate surface area is 90.0 Å². The van der Waals surface area contributed by atoms with Crippen LogP contribution in [-0.2, 0) is 6.54 Å². The van der Waals surface area contributed by atoms with Crippen molar-refractivity contribution < 1.29 is 0 Å². The van der Waals surface area contributed by atoms with Crippen LogP contribution in [0.4, 0.5) is 0 Å². The van der Waals surface area contributed by atoms with E-state index in [4.69, 9.17) is 0 Å². The van der Waals surface area contributed by atoms with Crippen LogP contribution in [0.3, 0.4) is 0 Å². The van der Waals surface area contributed by atoms with Gasteiger partial charge in [-0.1, -0.05) is 11.6 Å². The predicted octanol–water partition coefficient (Wildman–Crippen LogP) is 1.16. The molecule has 1 aromatic rings. The molecule has 1 N–H and O–H groups in total. The second-order valence-electron chi connectivity index (χ2n) is 4.83. The first-order valence-corrected chi connectivity index (χ1v) is 6.02. The van der Waals surface area contributed by atoms with Crippen molar-refractivity contribution in [3.63, 3.8) is 0 Å². The Morgan fingerprint density at radius 2 is 2.33 bits per heavy atom. The smallest absolute Gasteiger partial charge is 0.0728 e. The van der Waals surface area contributed by atoms with Crippen molar-refractivity contribution in [3.8, 4) is 0 Å². The number of rotatable bonds is 3. The third-order valence-electron chi connectivity index (χ3n) is 3.78. The van der Waals surface area contributed by atoms with Gasteiger partial charge < -0.3 is 5.32 Å². The highest BCUT2D eigenvalue weighted by atomic mass is 15.4. The average Bonchev–Trinajstić information content (AvgIpc) is 2.81. The molecule has 0 aromatic carbocycles. The summed E-state index contributed by atoms with van der Waals surface area (Å²) in [5.41, 5.74) is 1.34. The fraction of sp³-hybridized carbons (Fsp3) is 0.818. The maximum absolute atomic E-state index is 4.22. The summed E-state index contributed by atoms with van der Waals surface area (Å²) in [6.07, 6.45) is 7.35. The molecule has 4 heteroatoms. The molecule has 1 aromatic heterocycles. The van der Waals surface area contributed by atoms with E-state index in [1.807, 2.05) is 6.20 Å². The summed E-state index contributed by atoms with van der Waals surface area (Å²) >= 11 is 0. The SMILES string of the molecule is c1nnn(CC2CCC2)c1C1CCNC1. The minimum absolute atomic E-state index is 0.639. The van der Waals surface area contributed by atoms with E-state index < -0.39 is 0 Å². The van der Waals surface area contributed by atoms with E-state index in [1.165, 1.54) is 31.4 Å². The van der Waals surface area contributed by atoms with Gasteiger partial charge in [-0.15, -0.1) is 5.10 Å².